The Morgan fingerprint density at radius 3 is 2.58 bits per heavy atom. The van der Waals surface area contributed by atoms with E-state index in [1.807, 2.05) is 0 Å². The summed E-state index contributed by atoms with van der Waals surface area (Å²) in [7, 11) is 2.30. The lowest BCUT2D eigenvalue weighted by atomic mass is 10.3. The molecule has 0 unspecified atom stereocenters. The Kier molecular flexibility index (Phi) is 5.32. The average molecular weight is 288 g/mol. The van der Waals surface area contributed by atoms with Crippen LogP contribution in [0, 0.1) is 5.82 Å². The lowest BCUT2D eigenvalue weighted by Gasteiger charge is -2.10. The van der Waals surface area contributed by atoms with Gasteiger partial charge in [0.15, 0.2) is 0 Å². The van der Waals surface area contributed by atoms with Gasteiger partial charge in [-0.25, -0.2) is 14.0 Å². The summed E-state index contributed by atoms with van der Waals surface area (Å²) in [4.78, 5) is 22.6. The first-order valence-electron chi connectivity index (χ1n) is 5.08. The zero-order chi connectivity index (χ0) is 14.4. The van der Waals surface area contributed by atoms with Gasteiger partial charge in [0.25, 0.3) is 0 Å². The van der Waals surface area contributed by atoms with Crippen LogP contribution in [-0.2, 0) is 19.1 Å². The number of halogens is 2. The lowest BCUT2D eigenvalue weighted by Crippen LogP contribution is -2.15. The van der Waals surface area contributed by atoms with Gasteiger partial charge in [0.2, 0.25) is 0 Å². The van der Waals surface area contributed by atoms with Crippen LogP contribution in [0.15, 0.2) is 30.0 Å². The van der Waals surface area contributed by atoms with E-state index in [2.05, 4.69) is 14.8 Å². The van der Waals surface area contributed by atoms with E-state index in [9.17, 15) is 14.0 Å². The predicted molar refractivity (Wildman–Crippen MR) is 67.1 cm³/mol. The van der Waals surface area contributed by atoms with Crippen molar-refractivity contribution in [3.8, 4) is 0 Å². The van der Waals surface area contributed by atoms with Gasteiger partial charge in [-0.15, -0.1) is 0 Å². The minimum atomic E-state index is -0.814. The molecule has 1 N–H and O–H groups in total. The van der Waals surface area contributed by atoms with E-state index in [0.29, 0.717) is 0 Å². The quantitative estimate of drug-likeness (QED) is 0.679. The number of esters is 2. The molecular weight excluding hydrogens is 277 g/mol. The van der Waals surface area contributed by atoms with Crippen LogP contribution in [0.4, 0.5) is 10.1 Å². The summed E-state index contributed by atoms with van der Waals surface area (Å²) in [5.74, 6) is -2.12. The third kappa shape index (κ3) is 4.26. The summed E-state index contributed by atoms with van der Waals surface area (Å²) >= 11 is 5.83. The van der Waals surface area contributed by atoms with Crippen molar-refractivity contribution in [3.63, 3.8) is 0 Å². The highest BCUT2D eigenvalue weighted by Crippen LogP contribution is 2.24. The fraction of sp³-hybridized carbons (Fsp3) is 0.167. The molecule has 0 aliphatic carbocycles. The molecule has 0 fully saturated rings. The molecule has 7 heteroatoms. The van der Waals surface area contributed by atoms with Gasteiger partial charge in [-0.05, 0) is 18.2 Å². The number of methoxy groups -OCH3 is 2. The fourth-order valence-corrected chi connectivity index (χ4v) is 1.34. The van der Waals surface area contributed by atoms with Crippen LogP contribution in [0.25, 0.3) is 0 Å². The van der Waals surface area contributed by atoms with E-state index in [1.165, 1.54) is 6.07 Å². The molecule has 0 saturated heterocycles. The third-order valence-corrected chi connectivity index (χ3v) is 2.40. The molecule has 102 valence electrons. The predicted octanol–water partition coefficient (Wildman–Crippen LogP) is 2.12. The molecule has 0 aromatic heterocycles. The van der Waals surface area contributed by atoms with Crippen LogP contribution in [-0.4, -0.2) is 26.2 Å². The number of hydrogen-bond donors (Lipinski definition) is 1. The van der Waals surface area contributed by atoms with Crippen molar-refractivity contribution in [2.45, 2.75) is 0 Å². The topological polar surface area (TPSA) is 64.6 Å². The second kappa shape index (κ2) is 6.75. The Hall–Kier alpha value is -2.08. The standard InChI is InChI=1S/C12H11ClFNO4/c1-18-11(16)6-10(12(17)19-2)15-9-5-7(14)3-4-8(9)13/h3-6,15H,1-2H3/b10-6+. The maximum atomic E-state index is 13.1. The molecule has 0 aliphatic rings. The second-order valence-corrected chi connectivity index (χ2v) is 3.73. The van der Waals surface area contributed by atoms with E-state index < -0.39 is 17.8 Å². The van der Waals surface area contributed by atoms with Gasteiger partial charge < -0.3 is 14.8 Å². The van der Waals surface area contributed by atoms with Crippen molar-refractivity contribution in [3.05, 3.63) is 40.8 Å². The van der Waals surface area contributed by atoms with Crippen LogP contribution in [0.2, 0.25) is 5.02 Å². The first-order chi connectivity index (χ1) is 8.97. The minimum absolute atomic E-state index is 0.127. The highest BCUT2D eigenvalue weighted by atomic mass is 35.5. The number of nitrogens with one attached hydrogen (secondary N) is 1. The third-order valence-electron chi connectivity index (χ3n) is 2.07. The van der Waals surface area contributed by atoms with Crippen molar-refractivity contribution in [1.29, 1.82) is 0 Å². The van der Waals surface area contributed by atoms with Crippen molar-refractivity contribution < 1.29 is 23.5 Å². The largest absolute Gasteiger partial charge is 0.466 e. The Balaban J connectivity index is 3.07. The van der Waals surface area contributed by atoms with Crippen molar-refractivity contribution in [1.82, 2.24) is 0 Å². The SMILES string of the molecule is COC(=O)/C=C(/Nc1cc(F)ccc1Cl)C(=O)OC. The summed E-state index contributed by atoms with van der Waals surface area (Å²) in [5.41, 5.74) is -0.0935. The Morgan fingerprint density at radius 1 is 1.32 bits per heavy atom. The number of benzene rings is 1. The molecule has 19 heavy (non-hydrogen) atoms. The molecule has 1 aromatic carbocycles. The Labute approximate surface area is 114 Å². The van der Waals surface area contributed by atoms with Crippen LogP contribution >= 0.6 is 11.6 Å². The first-order valence-corrected chi connectivity index (χ1v) is 5.45. The molecule has 5 nitrogen and oxygen atoms in total. The van der Waals surface area contributed by atoms with Gasteiger partial charge in [0.1, 0.15) is 11.5 Å². The van der Waals surface area contributed by atoms with E-state index in [1.54, 1.807) is 0 Å². The fourth-order valence-electron chi connectivity index (χ4n) is 1.17. The summed E-state index contributed by atoms with van der Waals surface area (Å²) < 4.78 is 22.0. The molecule has 0 heterocycles. The Morgan fingerprint density at radius 2 is 2.00 bits per heavy atom. The zero-order valence-electron chi connectivity index (χ0n) is 10.2. The van der Waals surface area contributed by atoms with E-state index in [-0.39, 0.29) is 16.4 Å². The summed E-state index contributed by atoms with van der Waals surface area (Å²) in [5, 5.41) is 2.70. The monoisotopic (exact) mass is 287 g/mol. The highest BCUT2D eigenvalue weighted by Gasteiger charge is 2.14. The number of carbonyl (C=O) groups excluding carboxylic acids is 2. The normalized spacial score (nSPS) is 10.8. The second-order valence-electron chi connectivity index (χ2n) is 3.32. The van der Waals surface area contributed by atoms with E-state index in [4.69, 9.17) is 11.6 Å². The number of ether oxygens (including phenoxy) is 2. The lowest BCUT2D eigenvalue weighted by molar-refractivity contribution is -0.138. The molecule has 0 bridgehead atoms. The van der Waals surface area contributed by atoms with Crippen LogP contribution in [0.3, 0.4) is 0 Å². The molecule has 0 aliphatic heterocycles. The number of hydrogen-bond acceptors (Lipinski definition) is 5. The van der Waals surface area contributed by atoms with Gasteiger partial charge in [-0.3, -0.25) is 0 Å². The van der Waals surface area contributed by atoms with Gasteiger partial charge in [-0.1, -0.05) is 11.6 Å². The van der Waals surface area contributed by atoms with Gasteiger partial charge >= 0.3 is 11.9 Å². The van der Waals surface area contributed by atoms with Gasteiger partial charge in [-0.2, -0.15) is 0 Å². The van der Waals surface area contributed by atoms with Gasteiger partial charge in [0.05, 0.1) is 31.0 Å². The minimum Gasteiger partial charge on any atom is -0.466 e. The van der Waals surface area contributed by atoms with Crippen molar-refractivity contribution >= 4 is 29.2 Å². The smallest absolute Gasteiger partial charge is 0.354 e. The van der Waals surface area contributed by atoms with Crippen LogP contribution < -0.4 is 5.32 Å². The van der Waals surface area contributed by atoms with Crippen molar-refractivity contribution in [2.24, 2.45) is 0 Å². The Bertz CT molecular complexity index is 530. The van der Waals surface area contributed by atoms with Crippen LogP contribution in [0.1, 0.15) is 0 Å². The molecule has 0 saturated carbocycles. The number of rotatable bonds is 4. The highest BCUT2D eigenvalue weighted by molar-refractivity contribution is 6.33. The van der Waals surface area contributed by atoms with E-state index in [0.717, 1.165) is 32.4 Å². The summed E-state index contributed by atoms with van der Waals surface area (Å²) in [6.45, 7) is 0. The number of carbonyl (C=O) groups is 2. The molecular formula is C12H11ClFNO4. The molecule has 0 amide bonds. The average Bonchev–Trinajstić information content (AvgIpc) is 2.40. The summed E-state index contributed by atoms with van der Waals surface area (Å²) in [6.07, 6.45) is 0.882. The zero-order valence-corrected chi connectivity index (χ0v) is 11.0. The maximum Gasteiger partial charge on any atom is 0.354 e. The first kappa shape index (κ1) is 15.0. The molecule has 1 rings (SSSR count). The molecule has 1 aromatic rings. The van der Waals surface area contributed by atoms with Gasteiger partial charge in [0, 0.05) is 0 Å². The van der Waals surface area contributed by atoms with Crippen molar-refractivity contribution in [2.75, 3.05) is 19.5 Å². The summed E-state index contributed by atoms with van der Waals surface area (Å²) in [6, 6.07) is 3.55. The van der Waals surface area contributed by atoms with Crippen LogP contribution in [0.5, 0.6) is 0 Å². The molecule has 0 radical (unpaired) electrons. The molecule has 0 spiro atoms. The molecule has 0 atom stereocenters. The number of anilines is 1. The van der Waals surface area contributed by atoms with E-state index >= 15 is 0 Å². The maximum absolute atomic E-state index is 13.1.